The van der Waals surface area contributed by atoms with Gasteiger partial charge < -0.3 is 20.5 Å². The summed E-state index contributed by atoms with van der Waals surface area (Å²) in [6.07, 6.45) is -10.3. The Kier molecular flexibility index (Phi) is 5.86. The molecule has 31 heavy (non-hydrogen) atoms. The average Bonchev–Trinajstić information content (AvgIpc) is 3.15. The van der Waals surface area contributed by atoms with Crippen LogP contribution < -0.4 is 5.73 Å². The average molecular weight is 453 g/mol. The number of oxime groups is 1. The minimum absolute atomic E-state index is 0.0845. The fraction of sp³-hybridized carbons (Fsp3) is 0.529. The molecule has 0 radical (unpaired) electrons. The fourth-order valence-corrected chi connectivity index (χ4v) is 3.23. The largest absolute Gasteiger partial charge is 0.426 e. The first-order valence-electron chi connectivity index (χ1n) is 9.11. The zero-order valence-corrected chi connectivity index (χ0v) is 15.8. The molecule has 0 saturated carbocycles. The van der Waals surface area contributed by atoms with E-state index >= 15 is 0 Å². The lowest BCUT2D eigenvalue weighted by Crippen LogP contribution is -2.42. The van der Waals surface area contributed by atoms with E-state index in [1.165, 1.54) is 0 Å². The van der Waals surface area contributed by atoms with E-state index in [0.29, 0.717) is 12.5 Å². The number of hydrogen-bond acceptors (Lipinski definition) is 8. The van der Waals surface area contributed by atoms with Crippen LogP contribution in [-0.2, 0) is 11.8 Å². The third-order valence-electron chi connectivity index (χ3n) is 4.90. The summed E-state index contributed by atoms with van der Waals surface area (Å²) in [7, 11) is 0. The van der Waals surface area contributed by atoms with Gasteiger partial charge in [0.1, 0.15) is 11.4 Å². The molecular formula is C17H17F6N5O3. The second-order valence-corrected chi connectivity index (χ2v) is 7.05. The van der Waals surface area contributed by atoms with E-state index in [-0.39, 0.29) is 31.4 Å². The van der Waals surface area contributed by atoms with Gasteiger partial charge in [-0.1, -0.05) is 18.0 Å². The van der Waals surface area contributed by atoms with Crippen LogP contribution in [0.4, 0.5) is 32.0 Å². The summed E-state index contributed by atoms with van der Waals surface area (Å²) >= 11 is 0. The van der Waals surface area contributed by atoms with Gasteiger partial charge in [0.2, 0.25) is 5.60 Å². The van der Waals surface area contributed by atoms with Crippen molar-refractivity contribution in [3.63, 3.8) is 0 Å². The molecule has 1 atom stereocenters. The molecular weight excluding hydrogens is 436 g/mol. The number of aliphatic hydroxyl groups is 1. The first-order valence-corrected chi connectivity index (χ1v) is 9.11. The van der Waals surface area contributed by atoms with Gasteiger partial charge >= 0.3 is 12.4 Å². The third-order valence-corrected chi connectivity index (χ3v) is 4.90. The lowest BCUT2D eigenvalue weighted by Gasteiger charge is -2.27. The number of nitrogens with two attached hydrogens (primary N) is 1. The van der Waals surface area contributed by atoms with Gasteiger partial charge in [-0.3, -0.25) is 0 Å². The molecule has 2 aromatic heterocycles. The van der Waals surface area contributed by atoms with Gasteiger partial charge in [0.05, 0.1) is 11.3 Å². The molecule has 0 saturated heterocycles. The Morgan fingerprint density at radius 3 is 2.32 bits per heavy atom. The molecule has 170 valence electrons. The van der Waals surface area contributed by atoms with Gasteiger partial charge in [0.25, 0.3) is 11.8 Å². The Morgan fingerprint density at radius 2 is 1.71 bits per heavy atom. The number of rotatable bonds is 0. The Hall–Kier alpha value is -2.90. The lowest BCUT2D eigenvalue weighted by atomic mass is 9.94. The summed E-state index contributed by atoms with van der Waals surface area (Å²) in [5.74, 6) is -1.90. The van der Waals surface area contributed by atoms with Gasteiger partial charge in [-0.05, 0) is 31.7 Å². The number of nitrogens with zero attached hydrogens (tertiary/aromatic N) is 4. The first kappa shape index (κ1) is 22.8. The molecule has 0 fully saturated rings. The number of nitrogen functional groups attached to an aromatic ring is 1. The number of pyridine rings is 1. The van der Waals surface area contributed by atoms with Crippen molar-refractivity contribution in [3.8, 4) is 11.6 Å². The molecule has 3 rings (SSSR count). The number of halogens is 6. The molecule has 8 nitrogen and oxygen atoms in total. The van der Waals surface area contributed by atoms with Crippen LogP contribution in [0.5, 0.6) is 0 Å². The predicted molar refractivity (Wildman–Crippen MR) is 92.9 cm³/mol. The van der Waals surface area contributed by atoms with Crippen molar-refractivity contribution in [2.75, 3.05) is 5.73 Å². The van der Waals surface area contributed by atoms with Crippen molar-refractivity contribution in [2.24, 2.45) is 5.16 Å². The minimum Gasteiger partial charge on any atom is -0.416 e. The monoisotopic (exact) mass is 453 g/mol. The molecule has 1 aliphatic heterocycles. The van der Waals surface area contributed by atoms with Gasteiger partial charge in [0.15, 0.2) is 5.69 Å². The fourth-order valence-electron chi connectivity index (χ4n) is 3.23. The van der Waals surface area contributed by atoms with Crippen LogP contribution >= 0.6 is 0 Å². The topological polar surface area (TPSA) is 131 Å². The summed E-state index contributed by atoms with van der Waals surface area (Å²) in [5.41, 5.74) is -1.38. The highest BCUT2D eigenvalue weighted by atomic mass is 19.4. The highest BCUT2D eigenvalue weighted by Crippen LogP contribution is 2.43. The third kappa shape index (κ3) is 4.29. The number of fused-ring (bicyclic) bond motifs is 5. The number of alkyl halides is 6. The predicted octanol–water partition coefficient (Wildman–Crippen LogP) is 4.02. The minimum atomic E-state index is -5.14. The van der Waals surface area contributed by atoms with Crippen LogP contribution in [0.1, 0.15) is 55.7 Å². The normalized spacial score (nSPS) is 22.4. The molecule has 0 amide bonds. The Labute approximate surface area is 170 Å². The van der Waals surface area contributed by atoms with Gasteiger partial charge in [-0.15, -0.1) is 10.2 Å². The van der Waals surface area contributed by atoms with Crippen LogP contribution in [0.3, 0.4) is 0 Å². The Bertz CT molecular complexity index is 988. The van der Waals surface area contributed by atoms with Crippen LogP contribution in [0.15, 0.2) is 15.6 Å². The summed E-state index contributed by atoms with van der Waals surface area (Å²) in [4.78, 5) is 3.74. The van der Waals surface area contributed by atoms with Crippen molar-refractivity contribution in [3.05, 3.63) is 23.2 Å². The van der Waals surface area contributed by atoms with E-state index in [2.05, 4.69) is 20.3 Å². The van der Waals surface area contributed by atoms with E-state index in [0.717, 1.165) is 0 Å². The SMILES string of the molecule is Nc1cc(C(F)(F)F)c2nc1-c1nnc(o1)[C@@](O)(C(F)(F)F)CCCCCCC2=NO. The molecule has 1 aliphatic rings. The van der Waals surface area contributed by atoms with Crippen molar-refractivity contribution in [1.82, 2.24) is 15.2 Å². The van der Waals surface area contributed by atoms with E-state index < -0.39 is 58.8 Å². The molecule has 0 spiro atoms. The summed E-state index contributed by atoms with van der Waals surface area (Å²) < 4.78 is 86.2. The molecule has 3 heterocycles. The van der Waals surface area contributed by atoms with Crippen molar-refractivity contribution in [1.29, 1.82) is 0 Å². The quantitative estimate of drug-likeness (QED) is 0.312. The zero-order chi connectivity index (χ0) is 23.0. The van der Waals surface area contributed by atoms with Gasteiger partial charge in [-0.25, -0.2) is 4.98 Å². The zero-order valence-electron chi connectivity index (χ0n) is 15.8. The molecule has 0 aliphatic carbocycles. The smallest absolute Gasteiger partial charge is 0.416 e. The molecule has 14 heteroatoms. The van der Waals surface area contributed by atoms with Gasteiger partial charge in [0, 0.05) is 0 Å². The second-order valence-electron chi connectivity index (χ2n) is 7.05. The van der Waals surface area contributed by atoms with Crippen molar-refractivity contribution >= 4 is 11.4 Å². The van der Waals surface area contributed by atoms with Crippen LogP contribution in [-0.4, -0.2) is 37.4 Å². The van der Waals surface area contributed by atoms with E-state index in [1.54, 1.807) is 0 Å². The summed E-state index contributed by atoms with van der Waals surface area (Å²) in [6.45, 7) is 0. The van der Waals surface area contributed by atoms with Crippen LogP contribution in [0, 0.1) is 0 Å². The number of anilines is 1. The highest BCUT2D eigenvalue weighted by Gasteiger charge is 2.58. The summed E-state index contributed by atoms with van der Waals surface area (Å²) in [5, 5.41) is 29.1. The van der Waals surface area contributed by atoms with Gasteiger partial charge in [-0.2, -0.15) is 26.3 Å². The number of aromatic nitrogens is 3. The summed E-state index contributed by atoms with van der Waals surface area (Å²) in [6, 6.07) is 0.495. The first-order chi connectivity index (χ1) is 14.4. The standard InChI is InChI=1S/C17H17F6N5O3/c18-16(19,20)8-7-9(24)12-13-26-27-14(31-13)15(29,17(21,22)23)6-4-2-1-3-5-10(28-30)11(8)25-12/h7,29-30H,1-6,24H2/t15-/m1/s1. The Morgan fingerprint density at radius 1 is 1.03 bits per heavy atom. The van der Waals surface area contributed by atoms with E-state index in [9.17, 15) is 36.7 Å². The van der Waals surface area contributed by atoms with E-state index in [4.69, 9.17) is 10.2 Å². The maximum atomic E-state index is 13.6. The molecule has 0 aromatic carbocycles. The molecule has 2 aromatic rings. The Balaban J connectivity index is 2.24. The molecule has 4 N–H and O–H groups in total. The molecule has 4 bridgehead atoms. The number of hydrogen-bond donors (Lipinski definition) is 3. The van der Waals surface area contributed by atoms with E-state index in [1.807, 2.05) is 0 Å². The maximum Gasteiger partial charge on any atom is 0.426 e. The lowest BCUT2D eigenvalue weighted by molar-refractivity contribution is -0.277. The second kappa shape index (κ2) is 7.98. The van der Waals surface area contributed by atoms with Crippen LogP contribution in [0.25, 0.3) is 11.6 Å². The highest BCUT2D eigenvalue weighted by molar-refractivity contribution is 6.00. The maximum absolute atomic E-state index is 13.6. The molecule has 0 unspecified atom stereocenters. The van der Waals surface area contributed by atoms with Crippen molar-refractivity contribution in [2.45, 2.75) is 56.5 Å². The van der Waals surface area contributed by atoms with Crippen molar-refractivity contribution < 1.29 is 41.1 Å². The van der Waals surface area contributed by atoms with Crippen LogP contribution in [0.2, 0.25) is 0 Å².